The summed E-state index contributed by atoms with van der Waals surface area (Å²) in [5.41, 5.74) is 8.40. The van der Waals surface area contributed by atoms with E-state index in [9.17, 15) is 32.7 Å². The van der Waals surface area contributed by atoms with E-state index in [2.05, 4.69) is 12.4 Å². The maximum atomic E-state index is 14.2. The van der Waals surface area contributed by atoms with Crippen LogP contribution in [0.2, 0.25) is 0 Å². The van der Waals surface area contributed by atoms with Gasteiger partial charge in [-0.3, -0.25) is 9.59 Å². The van der Waals surface area contributed by atoms with Crippen LogP contribution in [0.1, 0.15) is 56.1 Å². The van der Waals surface area contributed by atoms with Crippen molar-refractivity contribution in [3.05, 3.63) is 77.9 Å². The topological polar surface area (TPSA) is 181 Å². The van der Waals surface area contributed by atoms with Crippen molar-refractivity contribution in [1.29, 1.82) is 0 Å². The molecule has 2 heterocycles. The molecule has 0 spiro atoms. The highest BCUT2D eigenvalue weighted by Crippen LogP contribution is 2.35. The number of anilines is 1. The second kappa shape index (κ2) is 17.8. The van der Waals surface area contributed by atoms with Gasteiger partial charge in [-0.2, -0.15) is 13.2 Å². The van der Waals surface area contributed by atoms with Crippen LogP contribution in [0.4, 0.5) is 23.7 Å². The Labute approximate surface area is 316 Å². The number of hydrogen-bond donors (Lipinski definition) is 3. The number of benzene rings is 3. The summed E-state index contributed by atoms with van der Waals surface area (Å²) in [5, 5.41) is 21.6. The van der Waals surface area contributed by atoms with Gasteiger partial charge in [0.25, 0.3) is 0 Å². The van der Waals surface area contributed by atoms with E-state index in [1.165, 1.54) is 0 Å². The summed E-state index contributed by atoms with van der Waals surface area (Å²) >= 11 is 0. The van der Waals surface area contributed by atoms with Gasteiger partial charge in [0.2, 0.25) is 12.7 Å². The number of alkyl halides is 3. The van der Waals surface area contributed by atoms with Crippen LogP contribution in [0, 0.1) is 5.92 Å². The minimum absolute atomic E-state index is 0.0735. The largest absolute Gasteiger partial charge is 0.542 e. The minimum Gasteiger partial charge on any atom is -0.542 e. The molecule has 16 heteroatoms. The number of aromatic hydroxyl groups is 1. The number of piperidine rings is 1. The number of carboxylic acid groups (broad SMARTS) is 1. The van der Waals surface area contributed by atoms with Gasteiger partial charge < -0.3 is 49.7 Å². The number of quaternary nitrogens is 1. The van der Waals surface area contributed by atoms with Crippen molar-refractivity contribution < 1.29 is 61.3 Å². The molecule has 1 unspecified atom stereocenters. The first kappa shape index (κ1) is 40.7. The maximum absolute atomic E-state index is 14.2. The number of urea groups is 1. The number of amides is 3. The van der Waals surface area contributed by atoms with E-state index in [1.54, 1.807) is 53.4 Å². The predicted octanol–water partition coefficient (Wildman–Crippen LogP) is 4.64. The third-order valence-corrected chi connectivity index (χ3v) is 10.0. The number of hydrogen-bond acceptors (Lipinski definition) is 9. The van der Waals surface area contributed by atoms with Gasteiger partial charge in [0.1, 0.15) is 30.1 Å². The number of nitrogens with zero attached hydrogens (tertiary/aromatic N) is 2. The highest BCUT2D eigenvalue weighted by molar-refractivity contribution is 5.94. The van der Waals surface area contributed by atoms with Gasteiger partial charge in [-0.1, -0.05) is 31.4 Å². The monoisotopic (exact) mass is 770 g/mol. The number of likely N-dealkylation sites (tertiary alicyclic amines) is 1. The SMILES string of the molecule is C[N+]1(Cc2ccc3c(c2)OCO3)CCC[C@H](N(C(=O)Nc2ccc(OC(=O)C3CCCCC3)cc2)[C@@H](Cc2ccc(O)cc2)C(N)=O)C1.O=C([O-])C(F)(F)F. The molecule has 1 aliphatic carbocycles. The van der Waals surface area contributed by atoms with Gasteiger partial charge in [0.05, 0.1) is 32.1 Å². The van der Waals surface area contributed by atoms with Crippen molar-refractivity contribution in [1.82, 2.24) is 4.90 Å². The van der Waals surface area contributed by atoms with Gasteiger partial charge in [-0.15, -0.1) is 0 Å². The highest BCUT2D eigenvalue weighted by Gasteiger charge is 2.41. The van der Waals surface area contributed by atoms with Gasteiger partial charge in [-0.05, 0) is 85.8 Å². The number of aliphatic carboxylic acids is 1. The Balaban J connectivity index is 0.000000757. The molecule has 3 amide bonds. The van der Waals surface area contributed by atoms with E-state index < -0.39 is 30.1 Å². The number of esters is 1. The second-order valence-electron chi connectivity index (χ2n) is 14.4. The summed E-state index contributed by atoms with van der Waals surface area (Å²) < 4.78 is 48.9. The molecule has 2 aliphatic heterocycles. The molecule has 13 nitrogen and oxygen atoms in total. The number of phenolic OH excluding ortho intramolecular Hbond substituents is 1. The number of fused-ring (bicyclic) bond motifs is 1. The Kier molecular flexibility index (Phi) is 13.1. The minimum atomic E-state index is -5.19. The van der Waals surface area contributed by atoms with Crippen LogP contribution in [0.5, 0.6) is 23.0 Å². The van der Waals surface area contributed by atoms with Crippen molar-refractivity contribution in [2.24, 2.45) is 11.7 Å². The van der Waals surface area contributed by atoms with Crippen molar-refractivity contribution in [3.63, 3.8) is 0 Å². The summed E-state index contributed by atoms with van der Waals surface area (Å²) in [6.45, 7) is 2.43. The molecule has 0 aromatic heterocycles. The van der Waals surface area contributed by atoms with Crippen LogP contribution in [-0.4, -0.2) is 83.6 Å². The quantitative estimate of drug-likeness (QED) is 0.150. The third-order valence-electron chi connectivity index (χ3n) is 10.0. The summed E-state index contributed by atoms with van der Waals surface area (Å²) in [4.78, 5) is 50.4. The number of nitrogens with one attached hydrogen (secondary N) is 1. The molecule has 3 atom stereocenters. The molecule has 1 saturated carbocycles. The standard InChI is InChI=1S/C37H44N4O7.C2HF3O2/c1-41(22-26-11-18-33-34(21-26)47-24-46-33)19-5-8-29(23-41)40(32(35(38)43)20-25-9-14-30(42)15-10-25)37(45)39-28-12-16-31(17-13-28)48-36(44)27-6-3-2-4-7-27;3-2(4,5)1(6)7/h9-18,21,27,29,32H,2-8,19-20,22-24H2,1H3,(H3-,38,39,42,43,45);(H,6,7)/t29-,32-,41?;/m0./s1. The zero-order valence-corrected chi connectivity index (χ0v) is 30.4. The van der Waals surface area contributed by atoms with Crippen LogP contribution in [-0.2, 0) is 27.3 Å². The van der Waals surface area contributed by atoms with E-state index in [1.807, 2.05) is 18.2 Å². The zero-order valence-electron chi connectivity index (χ0n) is 30.4. The summed E-state index contributed by atoms with van der Waals surface area (Å²) in [6.07, 6.45) is 1.49. The fraction of sp³-hybridized carbons (Fsp3) is 0.436. The molecule has 0 bridgehead atoms. The van der Waals surface area contributed by atoms with Gasteiger partial charge in [-0.25, -0.2) is 4.79 Å². The zero-order chi connectivity index (χ0) is 39.8. The molecule has 296 valence electrons. The molecule has 0 radical (unpaired) electrons. The van der Waals surface area contributed by atoms with Gasteiger partial charge >= 0.3 is 18.2 Å². The Hall–Kier alpha value is -5.51. The van der Waals surface area contributed by atoms with Crippen molar-refractivity contribution in [3.8, 4) is 23.0 Å². The lowest BCUT2D eigenvalue weighted by atomic mass is 9.89. The molecule has 2 fully saturated rings. The molecular weight excluding hydrogens is 725 g/mol. The lowest BCUT2D eigenvalue weighted by molar-refractivity contribution is -0.928. The average molecular weight is 771 g/mol. The lowest BCUT2D eigenvalue weighted by Crippen LogP contribution is -2.62. The summed E-state index contributed by atoms with van der Waals surface area (Å²) in [5.74, 6) is -1.91. The van der Waals surface area contributed by atoms with Crippen molar-refractivity contribution >= 4 is 29.6 Å². The number of primary amides is 1. The van der Waals surface area contributed by atoms with Gasteiger partial charge in [0, 0.05) is 17.7 Å². The van der Waals surface area contributed by atoms with Crippen molar-refractivity contribution in [2.75, 3.05) is 32.2 Å². The summed E-state index contributed by atoms with van der Waals surface area (Å²) in [6, 6.07) is 17.6. The summed E-state index contributed by atoms with van der Waals surface area (Å²) in [7, 11) is 2.17. The Morgan fingerprint density at radius 2 is 1.58 bits per heavy atom. The van der Waals surface area contributed by atoms with Crippen LogP contribution < -0.4 is 30.4 Å². The molecule has 3 aromatic carbocycles. The van der Waals surface area contributed by atoms with E-state index in [-0.39, 0.29) is 36.9 Å². The van der Waals surface area contributed by atoms with E-state index in [0.29, 0.717) is 35.4 Å². The molecular formula is C39H45F3N4O9. The third kappa shape index (κ3) is 11.3. The molecule has 4 N–H and O–H groups in total. The highest BCUT2D eigenvalue weighted by atomic mass is 19.4. The number of halogens is 3. The number of carboxylic acids is 1. The van der Waals surface area contributed by atoms with Gasteiger partial charge in [0.15, 0.2) is 11.5 Å². The fourth-order valence-corrected chi connectivity index (χ4v) is 7.34. The number of carbonyl (C=O) groups is 4. The number of ether oxygens (including phenoxy) is 3. The number of likely N-dealkylation sites (N-methyl/N-ethyl adjacent to an activating group) is 1. The first-order chi connectivity index (χ1) is 26.1. The van der Waals surface area contributed by atoms with E-state index in [4.69, 9.17) is 29.8 Å². The van der Waals surface area contributed by atoms with Crippen molar-refractivity contribution in [2.45, 2.75) is 76.2 Å². The molecule has 6 rings (SSSR count). The predicted molar refractivity (Wildman–Crippen MR) is 191 cm³/mol. The normalized spacial score (nSPS) is 20.0. The first-order valence-electron chi connectivity index (χ1n) is 18.1. The van der Waals surface area contributed by atoms with Crippen LogP contribution in [0.3, 0.4) is 0 Å². The fourth-order valence-electron chi connectivity index (χ4n) is 7.34. The maximum Gasteiger partial charge on any atom is 0.430 e. The number of carbonyl (C=O) groups excluding carboxylic acids is 4. The average Bonchev–Trinajstić information content (AvgIpc) is 3.61. The number of phenols is 1. The smallest absolute Gasteiger partial charge is 0.430 e. The van der Waals surface area contributed by atoms with E-state index >= 15 is 0 Å². The van der Waals surface area contributed by atoms with Crippen LogP contribution >= 0.6 is 0 Å². The molecule has 3 aliphatic rings. The Morgan fingerprint density at radius 1 is 0.945 bits per heavy atom. The Morgan fingerprint density at radius 3 is 2.22 bits per heavy atom. The number of nitrogens with two attached hydrogens (primary N) is 1. The first-order valence-corrected chi connectivity index (χ1v) is 18.1. The molecule has 3 aromatic rings. The molecule has 1 saturated heterocycles. The molecule has 55 heavy (non-hydrogen) atoms. The van der Waals surface area contributed by atoms with Crippen LogP contribution in [0.25, 0.3) is 0 Å². The second-order valence-corrected chi connectivity index (χ2v) is 14.4. The number of rotatable bonds is 10. The van der Waals surface area contributed by atoms with E-state index in [0.717, 1.165) is 67.7 Å². The van der Waals surface area contributed by atoms with Crippen LogP contribution in [0.15, 0.2) is 66.7 Å². The Bertz CT molecular complexity index is 1820. The lowest BCUT2D eigenvalue weighted by Gasteiger charge is -2.46.